The lowest BCUT2D eigenvalue weighted by atomic mass is 9.98. The molecule has 0 spiro atoms. The van der Waals surface area contributed by atoms with Crippen molar-refractivity contribution in [2.24, 2.45) is 15.9 Å². The second kappa shape index (κ2) is 8.28. The van der Waals surface area contributed by atoms with E-state index in [0.29, 0.717) is 37.2 Å². The third kappa shape index (κ3) is 5.45. The van der Waals surface area contributed by atoms with Gasteiger partial charge in [0.05, 0.1) is 13.0 Å². The first-order valence-electron chi connectivity index (χ1n) is 7.05. The molecule has 7 heteroatoms. The van der Waals surface area contributed by atoms with Crippen LogP contribution < -0.4 is 5.32 Å². The van der Waals surface area contributed by atoms with Crippen LogP contribution in [0.2, 0.25) is 0 Å². The highest BCUT2D eigenvalue weighted by atomic mass is 16.5. The van der Waals surface area contributed by atoms with E-state index in [1.807, 2.05) is 18.7 Å². The molecule has 0 amide bonds. The molecule has 1 aliphatic rings. The highest BCUT2D eigenvalue weighted by Gasteiger charge is 2.26. The number of aliphatic imine (C=N–C) groups is 2. The summed E-state index contributed by atoms with van der Waals surface area (Å²) in [5.74, 6) is 0.0584. The van der Waals surface area contributed by atoms with Gasteiger partial charge in [-0.1, -0.05) is 6.58 Å². The normalized spacial score (nSPS) is 20.1. The molecular weight excluding hydrogens is 272 g/mol. The first-order valence-corrected chi connectivity index (χ1v) is 7.05. The molecule has 1 saturated heterocycles. The zero-order chi connectivity index (χ0) is 15.8. The summed E-state index contributed by atoms with van der Waals surface area (Å²) in [6.07, 6.45) is 1.51. The minimum atomic E-state index is -0.771. The van der Waals surface area contributed by atoms with Gasteiger partial charge in [-0.25, -0.2) is 0 Å². The third-order valence-corrected chi connectivity index (χ3v) is 3.24. The van der Waals surface area contributed by atoms with E-state index in [9.17, 15) is 4.79 Å². The van der Waals surface area contributed by atoms with Crippen LogP contribution in [0.25, 0.3) is 0 Å². The molecule has 7 nitrogen and oxygen atoms in total. The first-order chi connectivity index (χ1) is 9.97. The fourth-order valence-electron chi connectivity index (χ4n) is 2.16. The van der Waals surface area contributed by atoms with E-state index in [2.05, 4.69) is 21.9 Å². The largest absolute Gasteiger partial charge is 0.481 e. The molecular formula is C14H24N4O3. The van der Waals surface area contributed by atoms with Crippen LogP contribution in [-0.4, -0.2) is 54.6 Å². The number of piperidine rings is 1. The van der Waals surface area contributed by atoms with Gasteiger partial charge in [-0.3, -0.25) is 15.1 Å². The van der Waals surface area contributed by atoms with Crippen molar-refractivity contribution in [2.75, 3.05) is 26.7 Å². The molecule has 118 valence electrons. The summed E-state index contributed by atoms with van der Waals surface area (Å²) in [7, 11) is 1.51. The lowest BCUT2D eigenvalue weighted by Gasteiger charge is -2.32. The molecule has 0 aromatic carbocycles. The Balaban J connectivity index is 2.69. The molecule has 0 aliphatic carbocycles. The number of ether oxygens (including phenoxy) is 1. The maximum Gasteiger partial charge on any atom is 0.308 e. The number of carboxylic acid groups (broad SMARTS) is 1. The van der Waals surface area contributed by atoms with E-state index in [1.165, 1.54) is 7.11 Å². The van der Waals surface area contributed by atoms with Crippen LogP contribution in [0.15, 0.2) is 22.4 Å². The molecule has 0 saturated carbocycles. The summed E-state index contributed by atoms with van der Waals surface area (Å²) >= 11 is 0. The van der Waals surface area contributed by atoms with Gasteiger partial charge >= 0.3 is 5.97 Å². The second-order valence-corrected chi connectivity index (χ2v) is 4.85. The molecule has 1 rings (SSSR count). The molecule has 1 fully saturated rings. The summed E-state index contributed by atoms with van der Waals surface area (Å²) in [6.45, 7) is 9.51. The van der Waals surface area contributed by atoms with Crippen molar-refractivity contribution >= 4 is 17.8 Å². The Kier molecular flexibility index (Phi) is 6.71. The highest BCUT2D eigenvalue weighted by molar-refractivity contribution is 5.96. The minimum Gasteiger partial charge on any atom is -0.481 e. The minimum absolute atomic E-state index is 0.298. The van der Waals surface area contributed by atoms with Gasteiger partial charge in [0, 0.05) is 19.6 Å². The lowest BCUT2D eigenvalue weighted by Crippen LogP contribution is -2.38. The van der Waals surface area contributed by atoms with Crippen molar-refractivity contribution < 1.29 is 14.6 Å². The highest BCUT2D eigenvalue weighted by Crippen LogP contribution is 2.20. The molecule has 0 aromatic heterocycles. The van der Waals surface area contributed by atoms with E-state index < -0.39 is 5.97 Å². The smallest absolute Gasteiger partial charge is 0.308 e. The molecule has 0 aromatic rings. The van der Waals surface area contributed by atoms with Crippen LogP contribution in [0.1, 0.15) is 26.7 Å². The van der Waals surface area contributed by atoms with Crippen molar-refractivity contribution in [2.45, 2.75) is 26.7 Å². The monoisotopic (exact) mass is 296 g/mol. The molecule has 0 radical (unpaired) electrons. The van der Waals surface area contributed by atoms with Crippen LogP contribution in [0, 0.1) is 5.92 Å². The van der Waals surface area contributed by atoms with Crippen LogP contribution in [0.3, 0.4) is 0 Å². The van der Waals surface area contributed by atoms with Crippen LogP contribution in [-0.2, 0) is 9.53 Å². The summed E-state index contributed by atoms with van der Waals surface area (Å²) in [6, 6.07) is 0.298. The summed E-state index contributed by atoms with van der Waals surface area (Å²) in [5, 5.41) is 12.0. The molecule has 1 aliphatic heterocycles. The predicted molar refractivity (Wildman–Crippen MR) is 82.3 cm³/mol. The standard InChI is InChI=1S/C14H24N4O3/c1-5-15-10(2)16-14(21-4)17-11(3)18-8-6-7-12(9-18)13(19)20/h12H,3,5-9H2,1-2,4H3,(H,19,20)(H,15,16,17). The van der Waals surface area contributed by atoms with Crippen molar-refractivity contribution in [3.05, 3.63) is 12.4 Å². The summed E-state index contributed by atoms with van der Waals surface area (Å²) < 4.78 is 5.16. The average molecular weight is 296 g/mol. The van der Waals surface area contributed by atoms with Gasteiger partial charge in [0.1, 0.15) is 11.7 Å². The molecule has 21 heavy (non-hydrogen) atoms. The Morgan fingerprint density at radius 1 is 1.57 bits per heavy atom. The van der Waals surface area contributed by atoms with Crippen LogP contribution in [0.4, 0.5) is 0 Å². The van der Waals surface area contributed by atoms with Gasteiger partial charge in [-0.15, -0.1) is 0 Å². The molecule has 2 N–H and O–H groups in total. The number of rotatable bonds is 4. The molecule has 1 heterocycles. The number of amidine groups is 2. The molecule has 1 atom stereocenters. The summed E-state index contributed by atoms with van der Waals surface area (Å²) in [5.41, 5.74) is 0. The number of hydrogen-bond acceptors (Lipinski definition) is 5. The SMILES string of the molecule is C=C(/N=C(\NC(C)=NCC)OC)N1CCCC(C(=O)O)C1. The van der Waals surface area contributed by atoms with Gasteiger partial charge in [0.15, 0.2) is 0 Å². The Bertz CT molecular complexity index is 446. The molecule has 1 unspecified atom stereocenters. The Labute approximate surface area is 125 Å². The topological polar surface area (TPSA) is 86.5 Å². The number of carboxylic acids is 1. The number of methoxy groups -OCH3 is 1. The van der Waals surface area contributed by atoms with E-state index >= 15 is 0 Å². The van der Waals surface area contributed by atoms with E-state index in [4.69, 9.17) is 9.84 Å². The Morgan fingerprint density at radius 3 is 2.86 bits per heavy atom. The third-order valence-electron chi connectivity index (χ3n) is 3.24. The van der Waals surface area contributed by atoms with Crippen LogP contribution in [0.5, 0.6) is 0 Å². The fraction of sp³-hybridized carbons (Fsp3) is 0.643. The van der Waals surface area contributed by atoms with Crippen molar-refractivity contribution in [1.82, 2.24) is 10.2 Å². The fourth-order valence-corrected chi connectivity index (χ4v) is 2.16. The maximum atomic E-state index is 11.1. The number of carbonyl (C=O) groups is 1. The van der Waals surface area contributed by atoms with E-state index in [1.54, 1.807) is 0 Å². The summed E-state index contributed by atoms with van der Waals surface area (Å²) in [4.78, 5) is 21.4. The number of hydrogen-bond donors (Lipinski definition) is 2. The number of aliphatic carboxylic acids is 1. The Morgan fingerprint density at radius 2 is 2.29 bits per heavy atom. The first kappa shape index (κ1) is 17.0. The zero-order valence-corrected chi connectivity index (χ0v) is 12.9. The van der Waals surface area contributed by atoms with Gasteiger partial charge in [0.25, 0.3) is 6.02 Å². The lowest BCUT2D eigenvalue weighted by molar-refractivity contribution is -0.143. The van der Waals surface area contributed by atoms with Gasteiger partial charge in [0.2, 0.25) is 0 Å². The van der Waals surface area contributed by atoms with E-state index in [0.717, 1.165) is 13.0 Å². The number of nitrogens with one attached hydrogen (secondary N) is 1. The second-order valence-electron chi connectivity index (χ2n) is 4.85. The predicted octanol–water partition coefficient (Wildman–Crippen LogP) is 1.28. The van der Waals surface area contributed by atoms with Crippen molar-refractivity contribution in [1.29, 1.82) is 0 Å². The van der Waals surface area contributed by atoms with Crippen LogP contribution >= 0.6 is 0 Å². The van der Waals surface area contributed by atoms with Gasteiger partial charge in [-0.2, -0.15) is 4.99 Å². The van der Waals surface area contributed by atoms with Gasteiger partial charge < -0.3 is 14.7 Å². The Hall–Kier alpha value is -2.05. The van der Waals surface area contributed by atoms with Crippen molar-refractivity contribution in [3.8, 4) is 0 Å². The van der Waals surface area contributed by atoms with E-state index in [-0.39, 0.29) is 5.92 Å². The zero-order valence-electron chi connectivity index (χ0n) is 12.9. The maximum absolute atomic E-state index is 11.1. The quantitative estimate of drug-likeness (QED) is 0.603. The van der Waals surface area contributed by atoms with Crippen molar-refractivity contribution in [3.63, 3.8) is 0 Å². The average Bonchev–Trinajstić information content (AvgIpc) is 2.46. The number of nitrogens with zero attached hydrogens (tertiary/aromatic N) is 3. The van der Waals surface area contributed by atoms with Gasteiger partial charge in [-0.05, 0) is 26.7 Å². The number of likely N-dealkylation sites (tertiary alicyclic amines) is 1. The molecule has 0 bridgehead atoms.